The monoisotopic (exact) mass is 408 g/mol. The zero-order valence-electron chi connectivity index (χ0n) is 15.0. The van der Waals surface area contributed by atoms with Gasteiger partial charge in [-0.1, -0.05) is 36.0 Å². The third kappa shape index (κ3) is 3.58. The van der Waals surface area contributed by atoms with Crippen molar-refractivity contribution in [1.29, 1.82) is 0 Å². The van der Waals surface area contributed by atoms with Gasteiger partial charge in [-0.2, -0.15) is 0 Å². The number of fused-ring (bicyclic) bond motifs is 1. The largest absolute Gasteiger partial charge is 0.497 e. The number of carbonyl (C=O) groups is 1. The van der Waals surface area contributed by atoms with E-state index in [2.05, 4.69) is 4.98 Å². The van der Waals surface area contributed by atoms with Crippen molar-refractivity contribution in [3.63, 3.8) is 0 Å². The highest BCUT2D eigenvalue weighted by Crippen LogP contribution is 2.24. The van der Waals surface area contributed by atoms with E-state index in [4.69, 9.17) is 4.74 Å². The first-order valence-corrected chi connectivity index (χ1v) is 10.4. The topological polar surface area (TPSA) is 61.2 Å². The highest BCUT2D eigenvalue weighted by Gasteiger charge is 2.16. The molecule has 2 heterocycles. The number of nitrogens with zero attached hydrogens (tertiary/aromatic N) is 2. The molecule has 0 radical (unpaired) electrons. The van der Waals surface area contributed by atoms with Gasteiger partial charge in [0.05, 0.1) is 34.3 Å². The molecule has 0 bridgehead atoms. The molecule has 0 aliphatic rings. The highest BCUT2D eigenvalue weighted by molar-refractivity contribution is 7.99. The molecule has 0 amide bonds. The van der Waals surface area contributed by atoms with Crippen molar-refractivity contribution in [3.05, 3.63) is 81.3 Å². The molecule has 2 aromatic heterocycles. The molecular weight excluding hydrogens is 392 g/mol. The summed E-state index contributed by atoms with van der Waals surface area (Å²) in [4.78, 5) is 31.0. The zero-order chi connectivity index (χ0) is 19.5. The number of rotatable bonds is 6. The number of benzene rings is 2. The molecule has 7 heteroatoms. The van der Waals surface area contributed by atoms with Gasteiger partial charge in [0.2, 0.25) is 0 Å². The average Bonchev–Trinajstić information content (AvgIpc) is 3.27. The van der Waals surface area contributed by atoms with E-state index in [9.17, 15) is 9.59 Å². The van der Waals surface area contributed by atoms with E-state index in [0.29, 0.717) is 32.4 Å². The van der Waals surface area contributed by atoms with Gasteiger partial charge in [0.1, 0.15) is 5.75 Å². The normalized spacial score (nSPS) is 10.9. The van der Waals surface area contributed by atoms with Crippen LogP contribution in [0.3, 0.4) is 0 Å². The molecule has 0 saturated carbocycles. The van der Waals surface area contributed by atoms with Crippen molar-refractivity contribution in [2.24, 2.45) is 0 Å². The molecular formula is C21H16N2O3S2. The minimum Gasteiger partial charge on any atom is -0.497 e. The first kappa shape index (κ1) is 18.5. The van der Waals surface area contributed by atoms with Crippen LogP contribution in [0.2, 0.25) is 0 Å². The van der Waals surface area contributed by atoms with Gasteiger partial charge in [-0.15, -0.1) is 11.3 Å². The van der Waals surface area contributed by atoms with E-state index in [1.54, 1.807) is 31.4 Å². The van der Waals surface area contributed by atoms with Crippen LogP contribution in [0.15, 0.2) is 76.0 Å². The second-order valence-corrected chi connectivity index (χ2v) is 7.83. The van der Waals surface area contributed by atoms with Crippen molar-refractivity contribution < 1.29 is 9.53 Å². The summed E-state index contributed by atoms with van der Waals surface area (Å²) in [5, 5.41) is 2.87. The molecule has 4 aromatic rings. The van der Waals surface area contributed by atoms with E-state index in [1.165, 1.54) is 27.7 Å². The minimum atomic E-state index is -0.176. The van der Waals surface area contributed by atoms with Crippen LogP contribution in [0.4, 0.5) is 0 Å². The summed E-state index contributed by atoms with van der Waals surface area (Å²) < 4.78 is 6.83. The van der Waals surface area contributed by atoms with Crippen LogP contribution in [0.1, 0.15) is 9.67 Å². The van der Waals surface area contributed by atoms with Crippen molar-refractivity contribution in [2.75, 3.05) is 12.9 Å². The number of thioether (sulfide) groups is 1. The number of methoxy groups -OCH3 is 1. The summed E-state index contributed by atoms with van der Waals surface area (Å²) in [7, 11) is 1.58. The number of ether oxygens (including phenoxy) is 1. The van der Waals surface area contributed by atoms with Crippen molar-refractivity contribution >= 4 is 39.8 Å². The summed E-state index contributed by atoms with van der Waals surface area (Å²) >= 11 is 2.67. The van der Waals surface area contributed by atoms with Gasteiger partial charge in [-0.05, 0) is 35.7 Å². The van der Waals surface area contributed by atoms with E-state index < -0.39 is 0 Å². The lowest BCUT2D eigenvalue weighted by molar-refractivity contribution is 0.102. The highest BCUT2D eigenvalue weighted by atomic mass is 32.2. The van der Waals surface area contributed by atoms with E-state index in [0.717, 1.165) is 0 Å². The lowest BCUT2D eigenvalue weighted by atomic mass is 10.2. The number of ketones is 1. The fraction of sp³-hybridized carbons (Fsp3) is 0.0952. The Morgan fingerprint density at radius 1 is 1.14 bits per heavy atom. The number of aromatic nitrogens is 2. The molecule has 0 saturated heterocycles. The summed E-state index contributed by atoms with van der Waals surface area (Å²) in [5.41, 5.74) is 1.08. The second kappa shape index (κ2) is 8.00. The molecule has 0 aliphatic carbocycles. The minimum absolute atomic E-state index is 0.0135. The van der Waals surface area contributed by atoms with Gasteiger partial charge < -0.3 is 4.74 Å². The van der Waals surface area contributed by atoms with Crippen LogP contribution in [0.5, 0.6) is 5.75 Å². The van der Waals surface area contributed by atoms with Crippen LogP contribution < -0.4 is 10.3 Å². The maximum Gasteiger partial charge on any atom is 0.266 e. The Kier molecular flexibility index (Phi) is 5.27. The molecule has 0 aliphatic heterocycles. The number of para-hydroxylation sites is 1. The number of carbonyl (C=O) groups excluding carboxylic acids is 1. The quantitative estimate of drug-likeness (QED) is 0.268. The molecule has 5 nitrogen and oxygen atoms in total. The van der Waals surface area contributed by atoms with Gasteiger partial charge in [-0.3, -0.25) is 14.2 Å². The van der Waals surface area contributed by atoms with Crippen LogP contribution >= 0.6 is 23.1 Å². The number of Topliss-reactive ketones (excluding diaryl/α,β-unsaturated/α-hetero) is 1. The summed E-state index contributed by atoms with van der Waals surface area (Å²) in [6.07, 6.45) is 0. The average molecular weight is 409 g/mol. The molecule has 0 atom stereocenters. The Bertz CT molecular complexity index is 1200. The molecule has 0 spiro atoms. The maximum absolute atomic E-state index is 13.2. The molecule has 0 N–H and O–H groups in total. The lowest BCUT2D eigenvalue weighted by Crippen LogP contribution is -2.22. The molecule has 28 heavy (non-hydrogen) atoms. The van der Waals surface area contributed by atoms with E-state index in [-0.39, 0.29) is 17.1 Å². The zero-order valence-corrected chi connectivity index (χ0v) is 16.6. The third-order valence-electron chi connectivity index (χ3n) is 4.18. The van der Waals surface area contributed by atoms with E-state index >= 15 is 0 Å². The summed E-state index contributed by atoms with van der Waals surface area (Å²) in [6, 6.07) is 18.1. The molecule has 140 valence electrons. The van der Waals surface area contributed by atoms with Crippen molar-refractivity contribution in [3.8, 4) is 11.4 Å². The molecule has 2 aromatic carbocycles. The Labute approximate surface area is 169 Å². The van der Waals surface area contributed by atoms with Gasteiger partial charge in [0.15, 0.2) is 10.9 Å². The Hall–Kier alpha value is -2.90. The van der Waals surface area contributed by atoms with Crippen molar-refractivity contribution in [1.82, 2.24) is 9.55 Å². The fourth-order valence-electron chi connectivity index (χ4n) is 2.82. The molecule has 0 fully saturated rings. The number of thiophene rings is 1. The smallest absolute Gasteiger partial charge is 0.266 e. The fourth-order valence-corrected chi connectivity index (χ4v) is 4.48. The van der Waals surface area contributed by atoms with Crippen LogP contribution in [-0.2, 0) is 0 Å². The molecule has 0 unspecified atom stereocenters. The van der Waals surface area contributed by atoms with Gasteiger partial charge in [0.25, 0.3) is 5.56 Å². The Balaban J connectivity index is 1.81. The Morgan fingerprint density at radius 2 is 2.00 bits per heavy atom. The predicted molar refractivity (Wildman–Crippen MR) is 113 cm³/mol. The number of hydrogen-bond donors (Lipinski definition) is 0. The van der Waals surface area contributed by atoms with Crippen LogP contribution in [-0.4, -0.2) is 28.2 Å². The van der Waals surface area contributed by atoms with Crippen LogP contribution in [0, 0.1) is 0 Å². The van der Waals surface area contributed by atoms with Crippen LogP contribution in [0.25, 0.3) is 16.6 Å². The van der Waals surface area contributed by atoms with Crippen molar-refractivity contribution in [2.45, 2.75) is 5.16 Å². The second-order valence-electron chi connectivity index (χ2n) is 5.94. The predicted octanol–water partition coefficient (Wildman–Crippen LogP) is 4.43. The Morgan fingerprint density at radius 3 is 2.79 bits per heavy atom. The third-order valence-corrected chi connectivity index (χ3v) is 6.03. The number of hydrogen-bond acceptors (Lipinski definition) is 6. The first-order valence-electron chi connectivity index (χ1n) is 8.53. The summed E-state index contributed by atoms with van der Waals surface area (Å²) in [6.45, 7) is 0. The van der Waals surface area contributed by atoms with Gasteiger partial charge in [0, 0.05) is 6.07 Å². The first-order chi connectivity index (χ1) is 13.7. The van der Waals surface area contributed by atoms with E-state index in [1.807, 2.05) is 41.8 Å². The van der Waals surface area contributed by atoms with Gasteiger partial charge in [-0.25, -0.2) is 4.98 Å². The lowest BCUT2D eigenvalue weighted by Gasteiger charge is -2.13. The SMILES string of the molecule is COc1cccc(-n2c(SCC(=O)c3cccs3)nc3ccccc3c2=O)c1. The maximum atomic E-state index is 13.2. The van der Waals surface area contributed by atoms with Gasteiger partial charge >= 0.3 is 0 Å². The molecule has 4 rings (SSSR count). The summed E-state index contributed by atoms with van der Waals surface area (Å²) in [5.74, 6) is 0.859. The standard InChI is InChI=1S/C21H16N2O3S2/c1-26-15-7-4-6-14(12-15)23-20(25)16-8-2-3-9-17(16)22-21(23)28-13-18(24)19-10-5-11-27-19/h2-12H,13H2,1H3.